The van der Waals surface area contributed by atoms with Gasteiger partial charge in [0.05, 0.1) is 5.83 Å². The molecular weight excluding hydrogens is 139 g/mol. The highest BCUT2D eigenvalue weighted by atomic mass is 19.1. The molecule has 1 atom stereocenters. The molecule has 1 unspecified atom stereocenters. The summed E-state index contributed by atoms with van der Waals surface area (Å²) < 4.78 is 12.4. The second-order valence-corrected chi connectivity index (χ2v) is 3.74. The molecule has 1 fully saturated rings. The third kappa shape index (κ3) is 2.64. The SMILES string of the molecule is C=C(F)CC(C)C1CCCC1. The molecule has 1 rings (SSSR count). The summed E-state index contributed by atoms with van der Waals surface area (Å²) >= 11 is 0. The van der Waals surface area contributed by atoms with Crippen molar-refractivity contribution in [1.29, 1.82) is 0 Å². The summed E-state index contributed by atoms with van der Waals surface area (Å²) in [6, 6.07) is 0. The Labute approximate surface area is 68.5 Å². The first-order valence-electron chi connectivity index (χ1n) is 4.53. The van der Waals surface area contributed by atoms with Gasteiger partial charge in [-0.25, -0.2) is 4.39 Å². The van der Waals surface area contributed by atoms with Crippen molar-refractivity contribution in [3.05, 3.63) is 12.4 Å². The van der Waals surface area contributed by atoms with Gasteiger partial charge in [0.25, 0.3) is 0 Å². The Hall–Kier alpha value is -0.330. The minimum atomic E-state index is -0.149. The van der Waals surface area contributed by atoms with Gasteiger partial charge in [-0.05, 0) is 11.8 Å². The van der Waals surface area contributed by atoms with Crippen molar-refractivity contribution in [1.82, 2.24) is 0 Å². The van der Waals surface area contributed by atoms with E-state index in [9.17, 15) is 4.39 Å². The molecule has 0 aromatic rings. The molecule has 0 aromatic heterocycles. The minimum absolute atomic E-state index is 0.149. The van der Waals surface area contributed by atoms with Gasteiger partial charge in [0.1, 0.15) is 0 Å². The van der Waals surface area contributed by atoms with Gasteiger partial charge in [-0.1, -0.05) is 39.2 Å². The average molecular weight is 156 g/mol. The van der Waals surface area contributed by atoms with Crippen LogP contribution in [-0.4, -0.2) is 0 Å². The van der Waals surface area contributed by atoms with E-state index in [-0.39, 0.29) is 5.83 Å². The van der Waals surface area contributed by atoms with Crippen LogP contribution in [0.5, 0.6) is 0 Å². The number of rotatable bonds is 3. The van der Waals surface area contributed by atoms with Crippen LogP contribution in [0, 0.1) is 11.8 Å². The Kier molecular flexibility index (Phi) is 3.10. The molecule has 0 amide bonds. The second-order valence-electron chi connectivity index (χ2n) is 3.74. The number of hydrogen-bond acceptors (Lipinski definition) is 0. The summed E-state index contributed by atoms with van der Waals surface area (Å²) in [4.78, 5) is 0. The third-order valence-electron chi connectivity index (χ3n) is 2.75. The van der Waals surface area contributed by atoms with Crippen LogP contribution in [0.1, 0.15) is 39.0 Å². The van der Waals surface area contributed by atoms with Gasteiger partial charge in [0.2, 0.25) is 0 Å². The molecule has 1 saturated carbocycles. The Morgan fingerprint density at radius 3 is 2.55 bits per heavy atom. The number of halogens is 1. The summed E-state index contributed by atoms with van der Waals surface area (Å²) in [5.74, 6) is 1.13. The molecule has 0 spiro atoms. The quantitative estimate of drug-likeness (QED) is 0.584. The van der Waals surface area contributed by atoms with E-state index in [0.717, 1.165) is 5.92 Å². The fraction of sp³-hybridized carbons (Fsp3) is 0.800. The van der Waals surface area contributed by atoms with Crippen LogP contribution in [0.25, 0.3) is 0 Å². The van der Waals surface area contributed by atoms with Crippen molar-refractivity contribution in [2.75, 3.05) is 0 Å². The predicted octanol–water partition coefficient (Wildman–Crippen LogP) is 3.69. The van der Waals surface area contributed by atoms with Crippen LogP contribution in [0.15, 0.2) is 12.4 Å². The first-order valence-corrected chi connectivity index (χ1v) is 4.53. The molecule has 0 aromatic carbocycles. The fourth-order valence-electron chi connectivity index (χ4n) is 2.04. The molecule has 64 valence electrons. The molecule has 11 heavy (non-hydrogen) atoms. The van der Waals surface area contributed by atoms with E-state index in [0.29, 0.717) is 12.3 Å². The lowest BCUT2D eigenvalue weighted by atomic mass is 9.90. The maximum atomic E-state index is 12.4. The van der Waals surface area contributed by atoms with Gasteiger partial charge in [-0.2, -0.15) is 0 Å². The van der Waals surface area contributed by atoms with Crippen molar-refractivity contribution in [2.45, 2.75) is 39.0 Å². The monoisotopic (exact) mass is 156 g/mol. The zero-order valence-corrected chi connectivity index (χ0v) is 7.28. The van der Waals surface area contributed by atoms with E-state index in [1.165, 1.54) is 25.7 Å². The van der Waals surface area contributed by atoms with Gasteiger partial charge in [-0.15, -0.1) is 0 Å². The zero-order valence-electron chi connectivity index (χ0n) is 7.28. The van der Waals surface area contributed by atoms with Gasteiger partial charge < -0.3 is 0 Å². The average Bonchev–Trinajstić information content (AvgIpc) is 2.35. The third-order valence-corrected chi connectivity index (χ3v) is 2.75. The van der Waals surface area contributed by atoms with Gasteiger partial charge in [0.15, 0.2) is 0 Å². The van der Waals surface area contributed by atoms with Crippen LogP contribution in [0.4, 0.5) is 4.39 Å². The van der Waals surface area contributed by atoms with Crippen LogP contribution in [-0.2, 0) is 0 Å². The molecule has 0 saturated heterocycles. The summed E-state index contributed by atoms with van der Waals surface area (Å²) in [5, 5.41) is 0. The van der Waals surface area contributed by atoms with Gasteiger partial charge >= 0.3 is 0 Å². The van der Waals surface area contributed by atoms with Gasteiger partial charge in [0, 0.05) is 6.42 Å². The molecule has 1 aliphatic rings. The van der Waals surface area contributed by atoms with E-state index in [1.807, 2.05) is 0 Å². The largest absolute Gasteiger partial charge is 0.212 e. The number of hydrogen-bond donors (Lipinski definition) is 0. The lowest BCUT2D eigenvalue weighted by Gasteiger charge is -2.16. The highest BCUT2D eigenvalue weighted by Gasteiger charge is 2.21. The topological polar surface area (TPSA) is 0 Å². The predicted molar refractivity (Wildman–Crippen MR) is 46.0 cm³/mol. The highest BCUT2D eigenvalue weighted by molar-refractivity contribution is 4.85. The first kappa shape index (κ1) is 8.76. The molecular formula is C10H17F. The molecule has 0 nitrogen and oxygen atoms in total. The minimum Gasteiger partial charge on any atom is -0.212 e. The van der Waals surface area contributed by atoms with Crippen molar-refractivity contribution in [3.63, 3.8) is 0 Å². The van der Waals surface area contributed by atoms with Gasteiger partial charge in [-0.3, -0.25) is 0 Å². The molecule has 0 bridgehead atoms. The standard InChI is InChI=1S/C10H17F/c1-8(7-9(2)11)10-5-3-4-6-10/h8,10H,2-7H2,1H3. The molecule has 0 N–H and O–H groups in total. The van der Waals surface area contributed by atoms with Crippen LogP contribution in [0.2, 0.25) is 0 Å². The van der Waals surface area contributed by atoms with Crippen molar-refractivity contribution in [3.8, 4) is 0 Å². The van der Waals surface area contributed by atoms with Crippen LogP contribution < -0.4 is 0 Å². The Balaban J connectivity index is 2.28. The lowest BCUT2D eigenvalue weighted by Crippen LogP contribution is -2.07. The van der Waals surface area contributed by atoms with E-state index >= 15 is 0 Å². The summed E-state index contributed by atoms with van der Waals surface area (Å²) in [6.45, 7) is 5.44. The van der Waals surface area contributed by atoms with E-state index in [4.69, 9.17) is 0 Å². The highest BCUT2D eigenvalue weighted by Crippen LogP contribution is 2.33. The maximum absolute atomic E-state index is 12.4. The molecule has 1 aliphatic carbocycles. The number of allylic oxidation sites excluding steroid dienone is 1. The summed E-state index contributed by atoms with van der Waals surface area (Å²) in [6.07, 6.45) is 5.86. The zero-order chi connectivity index (χ0) is 8.27. The van der Waals surface area contributed by atoms with E-state index in [2.05, 4.69) is 13.5 Å². The smallest absolute Gasteiger partial charge is 0.0930 e. The molecule has 0 radical (unpaired) electrons. The normalized spacial score (nSPS) is 22.0. The van der Waals surface area contributed by atoms with Crippen molar-refractivity contribution >= 4 is 0 Å². The Bertz CT molecular complexity index is 134. The van der Waals surface area contributed by atoms with Crippen LogP contribution in [0.3, 0.4) is 0 Å². The van der Waals surface area contributed by atoms with Crippen molar-refractivity contribution in [2.24, 2.45) is 11.8 Å². The molecule has 0 aliphatic heterocycles. The fourth-order valence-corrected chi connectivity index (χ4v) is 2.04. The van der Waals surface area contributed by atoms with E-state index in [1.54, 1.807) is 0 Å². The van der Waals surface area contributed by atoms with Crippen molar-refractivity contribution < 1.29 is 4.39 Å². The maximum Gasteiger partial charge on any atom is 0.0930 e. The Morgan fingerprint density at radius 2 is 2.09 bits per heavy atom. The second kappa shape index (κ2) is 3.89. The Morgan fingerprint density at radius 1 is 1.55 bits per heavy atom. The molecule has 0 heterocycles. The van der Waals surface area contributed by atoms with Crippen LogP contribution >= 0.6 is 0 Å². The lowest BCUT2D eigenvalue weighted by molar-refractivity contribution is 0.343. The summed E-state index contributed by atoms with van der Waals surface area (Å²) in [7, 11) is 0. The van der Waals surface area contributed by atoms with E-state index < -0.39 is 0 Å². The first-order chi connectivity index (χ1) is 5.20. The molecule has 1 heteroatoms. The summed E-state index contributed by atoms with van der Waals surface area (Å²) in [5.41, 5.74) is 0.